The third-order valence-electron chi connectivity index (χ3n) is 3.22. The van der Waals surface area contributed by atoms with Gasteiger partial charge in [0, 0.05) is 0 Å². The van der Waals surface area contributed by atoms with Crippen LogP contribution in [0.15, 0.2) is 25.3 Å². The van der Waals surface area contributed by atoms with Crippen molar-refractivity contribution in [3.8, 4) is 0 Å². The average molecular weight is 266 g/mol. The first kappa shape index (κ1) is 15.5. The first-order chi connectivity index (χ1) is 9.19. The van der Waals surface area contributed by atoms with Crippen molar-refractivity contribution in [3.05, 3.63) is 25.3 Å². The maximum atomic E-state index is 10.9. The van der Waals surface area contributed by atoms with Gasteiger partial charge in [-0.15, -0.1) is 13.2 Å². The van der Waals surface area contributed by atoms with Crippen molar-refractivity contribution in [1.82, 2.24) is 0 Å². The van der Waals surface area contributed by atoms with E-state index in [1.54, 1.807) is 12.2 Å². The highest BCUT2D eigenvalue weighted by Gasteiger charge is 2.22. The van der Waals surface area contributed by atoms with Crippen molar-refractivity contribution in [2.75, 3.05) is 13.2 Å². The molecule has 2 aliphatic heterocycles. The standard InChI is InChI=1S/C8H12O2.C7H10O2/c1-2-4-7-5-3-6-10-8(7)9;1-2-6-4-3-5-9-7(6)8/h2,7H,1,3-6H2;2,6H,1,3-5H2. The number of allylic oxidation sites excluding steroid dienone is 1. The van der Waals surface area contributed by atoms with Crippen molar-refractivity contribution >= 4 is 11.9 Å². The zero-order valence-electron chi connectivity index (χ0n) is 11.3. The van der Waals surface area contributed by atoms with E-state index < -0.39 is 0 Å². The minimum absolute atomic E-state index is 0.0428. The molecule has 0 bridgehead atoms. The van der Waals surface area contributed by atoms with Gasteiger partial charge in [0.05, 0.1) is 25.0 Å². The van der Waals surface area contributed by atoms with Gasteiger partial charge in [-0.3, -0.25) is 9.59 Å². The molecule has 0 aliphatic carbocycles. The summed E-state index contributed by atoms with van der Waals surface area (Å²) in [4.78, 5) is 21.6. The number of hydrogen-bond acceptors (Lipinski definition) is 4. The minimum atomic E-state index is -0.115. The van der Waals surface area contributed by atoms with Crippen molar-refractivity contribution in [2.24, 2.45) is 11.8 Å². The van der Waals surface area contributed by atoms with Crippen LogP contribution in [-0.4, -0.2) is 25.2 Å². The van der Waals surface area contributed by atoms with Gasteiger partial charge in [0.2, 0.25) is 0 Å². The molecule has 2 unspecified atom stereocenters. The first-order valence-electron chi connectivity index (χ1n) is 6.75. The number of carbonyl (C=O) groups excluding carboxylic acids is 2. The molecule has 2 rings (SSSR count). The summed E-state index contributed by atoms with van der Waals surface area (Å²) in [6.45, 7) is 8.31. The van der Waals surface area contributed by atoms with Crippen LogP contribution >= 0.6 is 0 Å². The monoisotopic (exact) mass is 266 g/mol. The zero-order chi connectivity index (χ0) is 14.1. The van der Waals surface area contributed by atoms with Gasteiger partial charge in [0.1, 0.15) is 0 Å². The van der Waals surface area contributed by atoms with E-state index in [1.165, 1.54) is 0 Å². The molecule has 0 amide bonds. The average Bonchev–Trinajstić information content (AvgIpc) is 2.43. The molecule has 0 N–H and O–H groups in total. The number of esters is 2. The summed E-state index contributed by atoms with van der Waals surface area (Å²) in [6, 6.07) is 0. The van der Waals surface area contributed by atoms with Gasteiger partial charge in [0.15, 0.2) is 0 Å². The number of rotatable bonds is 3. The molecule has 2 heterocycles. The Bertz CT molecular complexity index is 335. The van der Waals surface area contributed by atoms with Crippen LogP contribution < -0.4 is 0 Å². The first-order valence-corrected chi connectivity index (χ1v) is 6.75. The second-order valence-electron chi connectivity index (χ2n) is 4.68. The second kappa shape index (κ2) is 8.51. The van der Waals surface area contributed by atoms with Gasteiger partial charge in [-0.05, 0) is 32.1 Å². The second-order valence-corrected chi connectivity index (χ2v) is 4.68. The van der Waals surface area contributed by atoms with Crippen molar-refractivity contribution in [3.63, 3.8) is 0 Å². The third kappa shape index (κ3) is 5.28. The summed E-state index contributed by atoms with van der Waals surface area (Å²) in [5.74, 6) is -0.118. The van der Waals surface area contributed by atoms with Gasteiger partial charge in [-0.25, -0.2) is 0 Å². The molecular weight excluding hydrogens is 244 g/mol. The fourth-order valence-electron chi connectivity index (χ4n) is 2.07. The van der Waals surface area contributed by atoms with Crippen molar-refractivity contribution in [2.45, 2.75) is 32.1 Å². The Labute approximate surface area is 114 Å². The molecule has 106 valence electrons. The zero-order valence-corrected chi connectivity index (χ0v) is 11.3. The molecule has 2 fully saturated rings. The number of carbonyl (C=O) groups is 2. The summed E-state index contributed by atoms with van der Waals surface area (Å²) in [5.41, 5.74) is 0. The molecule has 0 aromatic heterocycles. The van der Waals surface area contributed by atoms with Crippen molar-refractivity contribution in [1.29, 1.82) is 0 Å². The fourth-order valence-corrected chi connectivity index (χ4v) is 2.07. The van der Waals surface area contributed by atoms with E-state index in [2.05, 4.69) is 13.2 Å². The van der Waals surface area contributed by atoms with Crippen LogP contribution in [0.5, 0.6) is 0 Å². The highest BCUT2D eigenvalue weighted by molar-refractivity contribution is 5.74. The molecule has 4 nitrogen and oxygen atoms in total. The fraction of sp³-hybridized carbons (Fsp3) is 0.600. The quantitative estimate of drug-likeness (QED) is 0.582. The molecule has 0 saturated carbocycles. The lowest BCUT2D eigenvalue weighted by molar-refractivity contribution is -0.152. The highest BCUT2D eigenvalue weighted by atomic mass is 16.5. The molecule has 19 heavy (non-hydrogen) atoms. The predicted octanol–water partition coefficient (Wildman–Crippen LogP) is 2.64. The van der Waals surface area contributed by atoms with E-state index in [-0.39, 0.29) is 23.8 Å². The highest BCUT2D eigenvalue weighted by Crippen LogP contribution is 2.18. The molecule has 2 atom stereocenters. The maximum Gasteiger partial charge on any atom is 0.312 e. The number of hydrogen-bond donors (Lipinski definition) is 0. The Kier molecular flexibility index (Phi) is 6.93. The lowest BCUT2D eigenvalue weighted by atomic mass is 9.98. The number of ether oxygens (including phenoxy) is 2. The Balaban J connectivity index is 0.000000191. The smallest absolute Gasteiger partial charge is 0.312 e. The molecule has 2 aliphatic rings. The third-order valence-corrected chi connectivity index (χ3v) is 3.22. The van der Waals surface area contributed by atoms with Gasteiger partial charge in [-0.1, -0.05) is 12.2 Å². The van der Waals surface area contributed by atoms with Crippen LogP contribution in [0.1, 0.15) is 32.1 Å². The van der Waals surface area contributed by atoms with Gasteiger partial charge >= 0.3 is 11.9 Å². The summed E-state index contributed by atoms with van der Waals surface area (Å²) in [7, 11) is 0. The Morgan fingerprint density at radius 3 is 2.16 bits per heavy atom. The van der Waals surface area contributed by atoms with Crippen LogP contribution in [0.2, 0.25) is 0 Å². The van der Waals surface area contributed by atoms with E-state index in [0.29, 0.717) is 13.2 Å². The summed E-state index contributed by atoms with van der Waals surface area (Å²) in [6.07, 6.45) is 8.04. The Morgan fingerprint density at radius 2 is 1.68 bits per heavy atom. The van der Waals surface area contributed by atoms with Crippen LogP contribution in [0, 0.1) is 11.8 Å². The Morgan fingerprint density at radius 1 is 1.05 bits per heavy atom. The van der Waals surface area contributed by atoms with E-state index >= 15 is 0 Å². The molecule has 4 heteroatoms. The SMILES string of the molecule is C=CC1CCCOC1=O.C=CCC1CCCOC1=O. The van der Waals surface area contributed by atoms with Gasteiger partial charge in [-0.2, -0.15) is 0 Å². The lowest BCUT2D eigenvalue weighted by Gasteiger charge is -2.18. The van der Waals surface area contributed by atoms with Gasteiger partial charge in [0.25, 0.3) is 0 Å². The van der Waals surface area contributed by atoms with Gasteiger partial charge < -0.3 is 9.47 Å². The molecule has 0 aromatic rings. The molecule has 2 saturated heterocycles. The minimum Gasteiger partial charge on any atom is -0.465 e. The van der Waals surface area contributed by atoms with Crippen LogP contribution in [0.25, 0.3) is 0 Å². The van der Waals surface area contributed by atoms with E-state index in [0.717, 1.165) is 32.1 Å². The summed E-state index contributed by atoms with van der Waals surface area (Å²) < 4.78 is 9.63. The molecular formula is C15H22O4. The van der Waals surface area contributed by atoms with E-state index in [1.807, 2.05) is 0 Å². The van der Waals surface area contributed by atoms with Crippen molar-refractivity contribution < 1.29 is 19.1 Å². The Hall–Kier alpha value is -1.58. The largest absolute Gasteiger partial charge is 0.465 e. The predicted molar refractivity (Wildman–Crippen MR) is 72.4 cm³/mol. The van der Waals surface area contributed by atoms with Crippen LogP contribution in [0.3, 0.4) is 0 Å². The van der Waals surface area contributed by atoms with Crippen LogP contribution in [0.4, 0.5) is 0 Å². The molecule has 0 aromatic carbocycles. The van der Waals surface area contributed by atoms with E-state index in [4.69, 9.17) is 9.47 Å². The molecule has 0 radical (unpaired) electrons. The summed E-state index contributed by atoms with van der Waals surface area (Å²) >= 11 is 0. The van der Waals surface area contributed by atoms with Crippen LogP contribution in [-0.2, 0) is 19.1 Å². The van der Waals surface area contributed by atoms with E-state index in [9.17, 15) is 9.59 Å². The maximum absolute atomic E-state index is 10.9. The normalized spacial score (nSPS) is 26.3. The lowest BCUT2D eigenvalue weighted by Crippen LogP contribution is -2.23. The molecule has 0 spiro atoms. The topological polar surface area (TPSA) is 52.6 Å². The summed E-state index contributed by atoms with van der Waals surface area (Å²) in [5, 5.41) is 0. The number of cyclic esters (lactones) is 2.